The fraction of sp³-hybridized carbons (Fsp3) is 0.462. The number of urea groups is 1. The van der Waals surface area contributed by atoms with Crippen LogP contribution in [0.5, 0.6) is 0 Å². The Hall–Kier alpha value is -1.55. The third-order valence-electron chi connectivity index (χ3n) is 3.10. The molecule has 2 rings (SSSR count). The molecule has 0 spiro atoms. The van der Waals surface area contributed by atoms with E-state index in [-0.39, 0.29) is 12.6 Å². The van der Waals surface area contributed by atoms with Gasteiger partial charge in [0.25, 0.3) is 0 Å². The zero-order valence-corrected chi connectivity index (χ0v) is 10.1. The molecule has 0 atom stereocenters. The summed E-state index contributed by atoms with van der Waals surface area (Å²) in [5.41, 5.74) is 2.11. The van der Waals surface area contributed by atoms with Gasteiger partial charge in [-0.2, -0.15) is 0 Å². The number of carbonyl (C=O) groups is 1. The van der Waals surface area contributed by atoms with Gasteiger partial charge < -0.3 is 10.0 Å². The van der Waals surface area contributed by atoms with E-state index in [1.54, 1.807) is 4.90 Å². The molecule has 17 heavy (non-hydrogen) atoms. The zero-order valence-electron chi connectivity index (χ0n) is 10.1. The van der Waals surface area contributed by atoms with Crippen LogP contribution in [0.4, 0.5) is 10.5 Å². The Morgan fingerprint density at radius 2 is 2.06 bits per heavy atom. The first-order valence-electron chi connectivity index (χ1n) is 5.95. The highest BCUT2D eigenvalue weighted by Crippen LogP contribution is 2.25. The van der Waals surface area contributed by atoms with Gasteiger partial charge in [0.05, 0.1) is 0 Å². The number of amides is 2. The molecule has 1 N–H and O–H groups in total. The van der Waals surface area contributed by atoms with Crippen molar-refractivity contribution in [3.05, 3.63) is 29.8 Å². The molecule has 0 aromatic heterocycles. The number of anilines is 1. The Morgan fingerprint density at radius 1 is 1.29 bits per heavy atom. The smallest absolute Gasteiger partial charge is 0.324 e. The second-order valence-corrected chi connectivity index (χ2v) is 4.31. The summed E-state index contributed by atoms with van der Waals surface area (Å²) in [6.07, 6.45) is 1.54. The van der Waals surface area contributed by atoms with Gasteiger partial charge in [-0.05, 0) is 24.5 Å². The van der Waals surface area contributed by atoms with Crippen molar-refractivity contribution in [1.29, 1.82) is 0 Å². The number of carbonyl (C=O) groups excluding carboxylic acids is 1. The fourth-order valence-corrected chi connectivity index (χ4v) is 2.13. The molecule has 1 aliphatic rings. The van der Waals surface area contributed by atoms with Crippen molar-refractivity contribution >= 4 is 11.7 Å². The number of para-hydroxylation sites is 1. The highest BCUT2D eigenvalue weighted by molar-refractivity contribution is 5.94. The molecule has 2 amide bonds. The standard InChI is InChI=1S/C13H18N2O2/c1-14-8-9-15(13(14)17)12-7-3-2-5-11(12)6-4-10-16/h2-3,5,7,16H,4,6,8-10H2,1H3. The molecule has 92 valence electrons. The third-order valence-corrected chi connectivity index (χ3v) is 3.10. The predicted octanol–water partition coefficient (Wildman–Crippen LogP) is 1.48. The van der Waals surface area contributed by atoms with Gasteiger partial charge in [0.15, 0.2) is 0 Å². The van der Waals surface area contributed by atoms with E-state index in [4.69, 9.17) is 5.11 Å². The van der Waals surface area contributed by atoms with Crippen molar-refractivity contribution in [3.8, 4) is 0 Å². The number of benzene rings is 1. The molecular weight excluding hydrogens is 216 g/mol. The van der Waals surface area contributed by atoms with Crippen LogP contribution < -0.4 is 4.90 Å². The zero-order chi connectivity index (χ0) is 12.3. The summed E-state index contributed by atoms with van der Waals surface area (Å²) in [5.74, 6) is 0. The van der Waals surface area contributed by atoms with Gasteiger partial charge in [0.2, 0.25) is 0 Å². The van der Waals surface area contributed by atoms with Gasteiger partial charge in [-0.1, -0.05) is 18.2 Å². The van der Waals surface area contributed by atoms with Crippen LogP contribution in [0.1, 0.15) is 12.0 Å². The van der Waals surface area contributed by atoms with Crippen molar-refractivity contribution in [2.75, 3.05) is 31.6 Å². The Morgan fingerprint density at radius 3 is 2.71 bits per heavy atom. The van der Waals surface area contributed by atoms with Gasteiger partial charge in [0, 0.05) is 32.4 Å². The summed E-state index contributed by atoms with van der Waals surface area (Å²) in [6, 6.07) is 7.98. The maximum atomic E-state index is 11.9. The van der Waals surface area contributed by atoms with Crippen LogP contribution in [0.15, 0.2) is 24.3 Å². The minimum Gasteiger partial charge on any atom is -0.396 e. The van der Waals surface area contributed by atoms with Crippen LogP contribution in [0.25, 0.3) is 0 Å². The summed E-state index contributed by atoms with van der Waals surface area (Å²) in [4.78, 5) is 15.5. The quantitative estimate of drug-likeness (QED) is 0.857. The average Bonchev–Trinajstić information content (AvgIpc) is 2.68. The van der Waals surface area contributed by atoms with Crippen LogP contribution in [-0.2, 0) is 6.42 Å². The van der Waals surface area contributed by atoms with Crippen molar-refractivity contribution in [3.63, 3.8) is 0 Å². The molecule has 1 saturated heterocycles. The normalized spacial score (nSPS) is 15.8. The van der Waals surface area contributed by atoms with Crippen LogP contribution in [0.3, 0.4) is 0 Å². The van der Waals surface area contributed by atoms with Crippen molar-refractivity contribution < 1.29 is 9.90 Å². The van der Waals surface area contributed by atoms with E-state index in [1.807, 2.05) is 36.2 Å². The topological polar surface area (TPSA) is 43.8 Å². The number of aliphatic hydroxyl groups excluding tert-OH is 1. The molecule has 0 unspecified atom stereocenters. The van der Waals surface area contributed by atoms with Gasteiger partial charge in [0.1, 0.15) is 0 Å². The molecule has 0 aliphatic carbocycles. The molecule has 4 nitrogen and oxygen atoms in total. The van der Waals surface area contributed by atoms with Crippen LogP contribution in [0.2, 0.25) is 0 Å². The molecule has 0 radical (unpaired) electrons. The Bertz CT molecular complexity index is 406. The first-order chi connectivity index (χ1) is 8.24. The van der Waals surface area contributed by atoms with E-state index in [0.29, 0.717) is 0 Å². The lowest BCUT2D eigenvalue weighted by molar-refractivity contribution is 0.229. The predicted molar refractivity (Wildman–Crippen MR) is 67.2 cm³/mol. The van der Waals surface area contributed by atoms with Gasteiger partial charge in [-0.25, -0.2) is 4.79 Å². The molecule has 0 bridgehead atoms. The lowest BCUT2D eigenvalue weighted by Gasteiger charge is -2.19. The van der Waals surface area contributed by atoms with E-state index < -0.39 is 0 Å². The van der Waals surface area contributed by atoms with E-state index in [1.165, 1.54) is 0 Å². The number of hydrogen-bond donors (Lipinski definition) is 1. The fourth-order valence-electron chi connectivity index (χ4n) is 2.13. The van der Waals surface area contributed by atoms with E-state index in [2.05, 4.69) is 0 Å². The SMILES string of the molecule is CN1CCN(c2ccccc2CCCO)C1=O. The maximum absolute atomic E-state index is 11.9. The number of rotatable bonds is 4. The summed E-state index contributed by atoms with van der Waals surface area (Å²) in [7, 11) is 1.82. The Kier molecular flexibility index (Phi) is 3.64. The molecular formula is C13H18N2O2. The van der Waals surface area contributed by atoms with Gasteiger partial charge in [-0.15, -0.1) is 0 Å². The first kappa shape index (κ1) is 11.9. The van der Waals surface area contributed by atoms with Crippen LogP contribution in [-0.4, -0.2) is 42.8 Å². The van der Waals surface area contributed by atoms with Crippen LogP contribution in [0, 0.1) is 0 Å². The number of aliphatic hydroxyl groups is 1. The molecule has 1 aromatic carbocycles. The van der Waals surface area contributed by atoms with Crippen molar-refractivity contribution in [1.82, 2.24) is 4.90 Å². The number of likely N-dealkylation sites (N-methyl/N-ethyl adjacent to an activating group) is 1. The lowest BCUT2D eigenvalue weighted by atomic mass is 10.1. The minimum atomic E-state index is 0.0569. The third kappa shape index (κ3) is 2.42. The largest absolute Gasteiger partial charge is 0.396 e. The van der Waals surface area contributed by atoms with E-state index >= 15 is 0 Å². The molecule has 1 aliphatic heterocycles. The summed E-state index contributed by atoms with van der Waals surface area (Å²) in [6.45, 7) is 1.70. The molecule has 0 saturated carbocycles. The average molecular weight is 234 g/mol. The molecule has 1 aromatic rings. The lowest BCUT2D eigenvalue weighted by Crippen LogP contribution is -2.29. The van der Waals surface area contributed by atoms with Crippen molar-refractivity contribution in [2.24, 2.45) is 0 Å². The van der Waals surface area contributed by atoms with Crippen molar-refractivity contribution in [2.45, 2.75) is 12.8 Å². The van der Waals surface area contributed by atoms with Gasteiger partial charge >= 0.3 is 6.03 Å². The molecule has 1 fully saturated rings. The second kappa shape index (κ2) is 5.19. The maximum Gasteiger partial charge on any atom is 0.324 e. The highest BCUT2D eigenvalue weighted by Gasteiger charge is 2.27. The summed E-state index contributed by atoms with van der Waals surface area (Å²) < 4.78 is 0. The minimum absolute atomic E-state index is 0.0569. The van der Waals surface area contributed by atoms with E-state index in [0.717, 1.165) is 37.2 Å². The summed E-state index contributed by atoms with van der Waals surface area (Å²) in [5, 5.41) is 8.89. The number of aryl methyl sites for hydroxylation is 1. The second-order valence-electron chi connectivity index (χ2n) is 4.31. The van der Waals surface area contributed by atoms with Crippen LogP contribution >= 0.6 is 0 Å². The van der Waals surface area contributed by atoms with E-state index in [9.17, 15) is 4.79 Å². The summed E-state index contributed by atoms with van der Waals surface area (Å²) >= 11 is 0. The Balaban J connectivity index is 2.22. The monoisotopic (exact) mass is 234 g/mol. The molecule has 4 heteroatoms. The highest BCUT2D eigenvalue weighted by atomic mass is 16.3. The Labute approximate surface area is 101 Å². The van der Waals surface area contributed by atoms with Gasteiger partial charge in [-0.3, -0.25) is 4.90 Å². The molecule has 1 heterocycles. The number of hydrogen-bond acceptors (Lipinski definition) is 2. The number of nitrogens with zero attached hydrogens (tertiary/aromatic N) is 2. The first-order valence-corrected chi connectivity index (χ1v) is 5.95.